The van der Waals surface area contributed by atoms with Crippen molar-refractivity contribution in [2.45, 2.75) is 38.8 Å². The molecule has 0 radical (unpaired) electrons. The molecule has 7 heteroatoms. The first-order chi connectivity index (χ1) is 12.5. The predicted octanol–water partition coefficient (Wildman–Crippen LogP) is 2.23. The Hall–Kier alpha value is -2.67. The molecule has 0 bridgehead atoms. The van der Waals surface area contributed by atoms with Crippen LogP contribution in [0, 0.1) is 5.92 Å². The van der Waals surface area contributed by atoms with Crippen LogP contribution in [-0.4, -0.2) is 30.0 Å². The number of rotatable bonds is 8. The molecule has 0 fully saturated rings. The van der Waals surface area contributed by atoms with Crippen LogP contribution in [0.5, 0.6) is 0 Å². The molecular weight excluding hydrogens is 334 g/mol. The van der Waals surface area contributed by atoms with Gasteiger partial charge in [0.1, 0.15) is 12.3 Å². The molecule has 140 valence electrons. The lowest BCUT2D eigenvalue weighted by Crippen LogP contribution is -2.43. The second kappa shape index (κ2) is 9.15. The van der Waals surface area contributed by atoms with Gasteiger partial charge in [0.15, 0.2) is 5.69 Å². The molecule has 3 atom stereocenters. The van der Waals surface area contributed by atoms with Crippen LogP contribution in [0.25, 0.3) is 0 Å². The summed E-state index contributed by atoms with van der Waals surface area (Å²) in [5.41, 5.74) is 7.06. The first-order valence-electron chi connectivity index (χ1n) is 8.59. The van der Waals surface area contributed by atoms with Crippen molar-refractivity contribution in [2.24, 2.45) is 11.7 Å². The average molecular weight is 359 g/mol. The molecule has 2 rings (SSSR count). The van der Waals surface area contributed by atoms with E-state index in [1.807, 2.05) is 44.2 Å². The van der Waals surface area contributed by atoms with Crippen molar-refractivity contribution in [3.8, 4) is 0 Å². The van der Waals surface area contributed by atoms with Crippen LogP contribution in [0.1, 0.15) is 48.3 Å². The van der Waals surface area contributed by atoms with Crippen molar-refractivity contribution in [2.75, 3.05) is 7.11 Å². The number of carbonyl (C=O) groups excluding carboxylic acids is 2. The first kappa shape index (κ1) is 19.7. The molecular formula is C19H25N3O4. The number of benzene rings is 1. The molecule has 0 aliphatic rings. The van der Waals surface area contributed by atoms with Gasteiger partial charge in [-0.05, 0) is 11.5 Å². The summed E-state index contributed by atoms with van der Waals surface area (Å²) in [6.07, 6.45) is 2.44. The largest absolute Gasteiger partial charge is 0.467 e. The molecule has 0 saturated carbocycles. The third-order valence-corrected chi connectivity index (χ3v) is 4.37. The molecule has 1 aromatic heterocycles. The van der Waals surface area contributed by atoms with Gasteiger partial charge in [0.05, 0.1) is 13.2 Å². The van der Waals surface area contributed by atoms with Crippen molar-refractivity contribution in [1.29, 1.82) is 0 Å². The molecule has 0 aliphatic heterocycles. The van der Waals surface area contributed by atoms with E-state index in [0.717, 1.165) is 12.0 Å². The summed E-state index contributed by atoms with van der Waals surface area (Å²) in [7, 11) is 1.28. The van der Waals surface area contributed by atoms with Gasteiger partial charge < -0.3 is 20.2 Å². The number of methoxy groups -OCH3 is 1. The minimum Gasteiger partial charge on any atom is -0.467 e. The summed E-state index contributed by atoms with van der Waals surface area (Å²) in [5.74, 6) is -0.558. The van der Waals surface area contributed by atoms with Gasteiger partial charge in [-0.2, -0.15) is 0 Å². The van der Waals surface area contributed by atoms with Gasteiger partial charge >= 0.3 is 5.97 Å². The number of esters is 1. The van der Waals surface area contributed by atoms with E-state index < -0.39 is 17.9 Å². The third-order valence-electron chi connectivity index (χ3n) is 4.37. The monoisotopic (exact) mass is 359 g/mol. The molecule has 1 aromatic carbocycles. The smallest absolute Gasteiger partial charge is 0.328 e. The van der Waals surface area contributed by atoms with Crippen molar-refractivity contribution < 1.29 is 18.7 Å². The van der Waals surface area contributed by atoms with Crippen LogP contribution < -0.4 is 11.1 Å². The van der Waals surface area contributed by atoms with E-state index in [2.05, 4.69) is 10.3 Å². The maximum absolute atomic E-state index is 12.5. The number of nitrogens with two attached hydrogens (primary N) is 1. The maximum atomic E-state index is 12.5. The van der Waals surface area contributed by atoms with E-state index in [4.69, 9.17) is 14.9 Å². The molecule has 2 aromatic rings. The Morgan fingerprint density at radius 2 is 2.00 bits per heavy atom. The van der Waals surface area contributed by atoms with E-state index in [9.17, 15) is 9.59 Å². The zero-order valence-electron chi connectivity index (χ0n) is 15.3. The molecule has 3 unspecified atom stereocenters. The molecule has 1 amide bonds. The van der Waals surface area contributed by atoms with Gasteiger partial charge in [0.25, 0.3) is 5.91 Å². The Morgan fingerprint density at radius 1 is 1.31 bits per heavy atom. The third kappa shape index (κ3) is 4.92. The Labute approximate surface area is 152 Å². The zero-order chi connectivity index (χ0) is 19.1. The lowest BCUT2D eigenvalue weighted by Gasteiger charge is -2.16. The Morgan fingerprint density at radius 3 is 2.62 bits per heavy atom. The summed E-state index contributed by atoms with van der Waals surface area (Å²) >= 11 is 0. The van der Waals surface area contributed by atoms with Crippen LogP contribution in [-0.2, 0) is 16.0 Å². The van der Waals surface area contributed by atoms with E-state index in [0.29, 0.717) is 12.3 Å². The van der Waals surface area contributed by atoms with Gasteiger partial charge in [0.2, 0.25) is 5.89 Å². The highest BCUT2D eigenvalue weighted by molar-refractivity contribution is 5.95. The van der Waals surface area contributed by atoms with Crippen LogP contribution in [0.3, 0.4) is 0 Å². The minimum atomic E-state index is -0.821. The lowest BCUT2D eigenvalue weighted by atomic mass is 10.0. The quantitative estimate of drug-likeness (QED) is 0.700. The number of oxazole rings is 1. The number of nitrogens with one attached hydrogen (secondary N) is 1. The molecule has 0 saturated heterocycles. The predicted molar refractivity (Wildman–Crippen MR) is 96.3 cm³/mol. The number of ether oxygens (including phenoxy) is 1. The second-order valence-corrected chi connectivity index (χ2v) is 6.22. The summed E-state index contributed by atoms with van der Waals surface area (Å²) in [4.78, 5) is 28.7. The number of carbonyl (C=O) groups is 2. The van der Waals surface area contributed by atoms with E-state index in [1.54, 1.807) is 0 Å². The molecule has 7 nitrogen and oxygen atoms in total. The zero-order valence-corrected chi connectivity index (χ0v) is 15.3. The summed E-state index contributed by atoms with van der Waals surface area (Å²) < 4.78 is 10.1. The highest BCUT2D eigenvalue weighted by Gasteiger charge is 2.25. The van der Waals surface area contributed by atoms with Crippen molar-refractivity contribution >= 4 is 11.9 Å². The summed E-state index contributed by atoms with van der Waals surface area (Å²) in [5, 5.41) is 2.65. The van der Waals surface area contributed by atoms with Crippen LogP contribution in [0.15, 0.2) is 41.0 Å². The van der Waals surface area contributed by atoms with Gasteiger partial charge in [-0.3, -0.25) is 4.79 Å². The number of amides is 1. The first-order valence-corrected chi connectivity index (χ1v) is 8.59. The SMILES string of the molecule is CCC(C)C(N)c1nc(C(=O)NC(Cc2ccccc2)C(=O)OC)co1. The fourth-order valence-corrected chi connectivity index (χ4v) is 2.46. The maximum Gasteiger partial charge on any atom is 0.328 e. The van der Waals surface area contributed by atoms with Crippen molar-refractivity contribution in [1.82, 2.24) is 10.3 Å². The number of hydrogen-bond donors (Lipinski definition) is 2. The van der Waals surface area contributed by atoms with E-state index in [-0.39, 0.29) is 17.7 Å². The van der Waals surface area contributed by atoms with Crippen LogP contribution in [0.2, 0.25) is 0 Å². The Balaban J connectivity index is 2.09. The molecule has 0 spiro atoms. The van der Waals surface area contributed by atoms with Crippen LogP contribution in [0.4, 0.5) is 0 Å². The average Bonchev–Trinajstić information content (AvgIpc) is 3.16. The highest BCUT2D eigenvalue weighted by Crippen LogP contribution is 2.21. The molecule has 26 heavy (non-hydrogen) atoms. The van der Waals surface area contributed by atoms with E-state index >= 15 is 0 Å². The minimum absolute atomic E-state index is 0.0840. The van der Waals surface area contributed by atoms with Crippen molar-refractivity contribution in [3.05, 3.63) is 53.7 Å². The fourth-order valence-electron chi connectivity index (χ4n) is 2.46. The highest BCUT2D eigenvalue weighted by atomic mass is 16.5. The van der Waals surface area contributed by atoms with Crippen LogP contribution >= 0.6 is 0 Å². The number of hydrogen-bond acceptors (Lipinski definition) is 6. The topological polar surface area (TPSA) is 107 Å². The molecule has 1 heterocycles. The van der Waals surface area contributed by atoms with Gasteiger partial charge in [-0.15, -0.1) is 0 Å². The van der Waals surface area contributed by atoms with Crippen molar-refractivity contribution in [3.63, 3.8) is 0 Å². The Bertz CT molecular complexity index is 729. The van der Waals surface area contributed by atoms with Gasteiger partial charge in [-0.1, -0.05) is 50.6 Å². The fraction of sp³-hybridized carbons (Fsp3) is 0.421. The second-order valence-electron chi connectivity index (χ2n) is 6.22. The van der Waals surface area contributed by atoms with Gasteiger partial charge in [0, 0.05) is 6.42 Å². The number of nitrogens with zero attached hydrogens (tertiary/aromatic N) is 1. The Kier molecular flexibility index (Phi) is 6.91. The molecule has 0 aliphatic carbocycles. The summed E-state index contributed by atoms with van der Waals surface area (Å²) in [6, 6.07) is 8.16. The summed E-state index contributed by atoms with van der Waals surface area (Å²) in [6.45, 7) is 4.01. The molecule has 3 N–H and O–H groups in total. The normalized spacial score (nSPS) is 14.3. The van der Waals surface area contributed by atoms with E-state index in [1.165, 1.54) is 13.4 Å². The lowest BCUT2D eigenvalue weighted by molar-refractivity contribution is -0.142. The van der Waals surface area contributed by atoms with Gasteiger partial charge in [-0.25, -0.2) is 9.78 Å². The standard InChI is InChI=1S/C19H25N3O4/c1-4-12(2)16(20)18-22-15(11-26-18)17(23)21-14(19(24)25-3)10-13-8-6-5-7-9-13/h5-9,11-12,14,16H,4,10,20H2,1-3H3,(H,21,23). The number of aromatic nitrogens is 1.